The molecule has 0 fully saturated rings. The van der Waals surface area contributed by atoms with Crippen molar-refractivity contribution < 1.29 is 33.3 Å². The van der Waals surface area contributed by atoms with Crippen LogP contribution in [0.25, 0.3) is 27.6 Å². The second-order valence-electron chi connectivity index (χ2n) is 12.4. The predicted octanol–water partition coefficient (Wildman–Crippen LogP) is 5.00. The zero-order valence-electron chi connectivity index (χ0n) is 28.2. The molecule has 11 nitrogen and oxygen atoms in total. The molecule has 0 spiro atoms. The molecule has 0 unspecified atom stereocenters. The van der Waals surface area contributed by atoms with E-state index in [0.717, 1.165) is 39.2 Å². The minimum absolute atomic E-state index is 0. The minimum atomic E-state index is -4.52. The van der Waals surface area contributed by atoms with Gasteiger partial charge in [-0.3, -0.25) is 4.98 Å². The van der Waals surface area contributed by atoms with Crippen molar-refractivity contribution in [2.75, 3.05) is 23.9 Å². The fraction of sp³-hybridized carbons (Fsp3) is 0.139. The number of hydrogen-bond acceptors (Lipinski definition) is 9. The predicted molar refractivity (Wildman–Crippen MR) is 190 cm³/mol. The van der Waals surface area contributed by atoms with Crippen molar-refractivity contribution in [2.24, 2.45) is 0 Å². The summed E-state index contributed by atoms with van der Waals surface area (Å²) in [6, 6.07) is 20.8. The summed E-state index contributed by atoms with van der Waals surface area (Å²) in [5.74, 6) is 0.641. The Morgan fingerprint density at radius 1 is 0.904 bits per heavy atom. The summed E-state index contributed by atoms with van der Waals surface area (Å²) >= 11 is 0. The molecule has 2 aliphatic heterocycles. The third-order valence-corrected chi connectivity index (χ3v) is 11.5. The quantitative estimate of drug-likeness (QED) is 0.174. The van der Waals surface area contributed by atoms with Crippen molar-refractivity contribution in [2.45, 2.75) is 19.3 Å². The van der Waals surface area contributed by atoms with E-state index in [0.29, 0.717) is 22.0 Å². The van der Waals surface area contributed by atoms with E-state index in [1.807, 2.05) is 126 Å². The standard InChI is InChI=1S/C21H15F3N6Si.C15H14N5.Ir/c1-31(2,20-10-17(28-29-20)21(22,23)24)19-5-3-4-18(27-19)30-15-6-8-25-11-13(15)14-12-26-9-7-16(14)30;1-17-3-5-19(11-17)14-7-13(10-16)8-15(9-14)20-6-4-18(2)12-20;/h3-6,8-12H,1-2H3;3-8,11-12H,1-2H3;/q-2;-3;. The van der Waals surface area contributed by atoms with E-state index in [9.17, 15) is 18.4 Å². The monoisotopic (exact) mass is 893 g/mol. The molecule has 1 radical (unpaired) electrons. The van der Waals surface area contributed by atoms with Gasteiger partial charge in [-0.05, 0) is 63.3 Å². The van der Waals surface area contributed by atoms with Crippen molar-refractivity contribution in [3.63, 3.8) is 0 Å². The molecule has 1 aromatic carbocycles. The fourth-order valence-corrected chi connectivity index (χ4v) is 7.68. The van der Waals surface area contributed by atoms with Crippen LogP contribution in [-0.2, 0) is 26.3 Å². The van der Waals surface area contributed by atoms with E-state index in [4.69, 9.17) is 4.98 Å². The van der Waals surface area contributed by atoms with Gasteiger partial charge in [-0.1, -0.05) is 42.4 Å². The smallest absolute Gasteiger partial charge is 0.431 e. The maximum absolute atomic E-state index is 13.0. The summed E-state index contributed by atoms with van der Waals surface area (Å²) in [5.41, 5.74) is 3.02. The molecule has 8 rings (SSSR count). The molecular weight excluding hydrogens is 864 g/mol. The van der Waals surface area contributed by atoms with Gasteiger partial charge in [0.25, 0.3) is 0 Å². The minimum Gasteiger partial charge on any atom is -0.582 e. The van der Waals surface area contributed by atoms with Crippen LogP contribution in [0.5, 0.6) is 0 Å². The number of halogens is 3. The number of pyridine rings is 3. The van der Waals surface area contributed by atoms with Crippen LogP contribution in [0.1, 0.15) is 11.3 Å². The fourth-order valence-electron chi connectivity index (χ4n) is 5.71. The Hall–Kier alpha value is -5.49. The van der Waals surface area contributed by atoms with E-state index in [1.54, 1.807) is 24.8 Å². The van der Waals surface area contributed by atoms with E-state index in [1.165, 1.54) is 0 Å². The van der Waals surface area contributed by atoms with Crippen molar-refractivity contribution in [1.29, 1.82) is 5.26 Å². The van der Waals surface area contributed by atoms with E-state index in [2.05, 4.69) is 38.4 Å². The summed E-state index contributed by atoms with van der Waals surface area (Å²) < 4.78 is 41.0. The van der Waals surface area contributed by atoms with Crippen molar-refractivity contribution in [1.82, 2.24) is 39.5 Å². The first-order valence-electron chi connectivity index (χ1n) is 15.6. The number of alkyl halides is 3. The number of aromatic nitrogens is 6. The van der Waals surface area contributed by atoms with E-state index < -0.39 is 19.9 Å². The molecule has 7 heterocycles. The van der Waals surface area contributed by atoms with Gasteiger partial charge in [0, 0.05) is 43.3 Å². The molecule has 6 aromatic rings. The number of benzene rings is 1. The average Bonchev–Trinajstić information content (AvgIpc) is 3.94. The van der Waals surface area contributed by atoms with Gasteiger partial charge in [-0.25, -0.2) is 11.1 Å². The molecular formula is C36H29F3IrN11Si-5. The Morgan fingerprint density at radius 3 is 2.17 bits per heavy atom. The molecule has 0 saturated heterocycles. The Bertz CT molecular complexity index is 2250. The van der Waals surface area contributed by atoms with Gasteiger partial charge in [0.05, 0.1) is 6.07 Å². The van der Waals surface area contributed by atoms with Crippen LogP contribution in [0.4, 0.5) is 24.5 Å². The van der Waals surface area contributed by atoms with Crippen LogP contribution in [0, 0.1) is 36.8 Å². The first kappa shape index (κ1) is 36.3. The largest absolute Gasteiger partial charge is 0.582 e. The van der Waals surface area contributed by atoms with Crippen LogP contribution in [0.3, 0.4) is 0 Å². The number of hydrogen-bond donors (Lipinski definition) is 0. The Kier molecular flexibility index (Phi) is 9.95. The Balaban J connectivity index is 0.000000192. The molecule has 267 valence electrons. The molecule has 16 heteroatoms. The number of nitrogens with zero attached hydrogens (tertiary/aromatic N) is 11. The maximum atomic E-state index is 13.0. The van der Waals surface area contributed by atoms with Gasteiger partial charge in [-0.15, -0.1) is 45.8 Å². The topological polar surface area (TPSA) is 107 Å². The van der Waals surface area contributed by atoms with E-state index >= 15 is 0 Å². The molecule has 0 aliphatic carbocycles. The molecule has 52 heavy (non-hydrogen) atoms. The molecule has 2 aliphatic rings. The summed E-state index contributed by atoms with van der Waals surface area (Å²) in [7, 11) is 1.29. The third-order valence-electron chi connectivity index (χ3n) is 8.42. The van der Waals surface area contributed by atoms with Gasteiger partial charge in [-0.2, -0.15) is 31.8 Å². The summed E-state index contributed by atoms with van der Waals surface area (Å²) in [4.78, 5) is 21.0. The number of fused-ring (bicyclic) bond motifs is 3. The maximum Gasteiger partial charge on any atom is 0.431 e. The second kappa shape index (κ2) is 14.3. The van der Waals surface area contributed by atoms with Crippen molar-refractivity contribution in [3.8, 4) is 11.9 Å². The van der Waals surface area contributed by atoms with Crippen LogP contribution in [0.2, 0.25) is 13.1 Å². The first-order chi connectivity index (χ1) is 24.4. The Morgan fingerprint density at radius 2 is 1.58 bits per heavy atom. The SMILES string of the molecule is CN1C=CN(c2[c-]c(N3C=CN(C)[CH-]3)cc(C#N)c2)[CH-]1.C[Si](C)(c1cccc(-n2c3[c-]cncc3c3cnccc32)n1)c1cc(C(F)(F)F)n[n-]1.[Ir]. The van der Waals surface area contributed by atoms with Gasteiger partial charge in [0.2, 0.25) is 0 Å². The Labute approximate surface area is 312 Å². The van der Waals surface area contributed by atoms with Gasteiger partial charge >= 0.3 is 6.18 Å². The average molecular weight is 893 g/mol. The summed E-state index contributed by atoms with van der Waals surface area (Å²) in [6.45, 7) is 7.70. The van der Waals surface area contributed by atoms with E-state index in [-0.39, 0.29) is 20.1 Å². The van der Waals surface area contributed by atoms with Gasteiger partial charge in [0.15, 0.2) is 0 Å². The number of anilines is 2. The molecule has 0 amide bonds. The second-order valence-corrected chi connectivity index (χ2v) is 16.7. The van der Waals surface area contributed by atoms with Crippen molar-refractivity contribution >= 4 is 51.9 Å². The first-order valence-corrected chi connectivity index (χ1v) is 18.6. The van der Waals surface area contributed by atoms with Gasteiger partial charge < -0.3 is 39.3 Å². The summed E-state index contributed by atoms with van der Waals surface area (Å²) in [6.07, 6.45) is 10.1. The van der Waals surface area contributed by atoms with Crippen molar-refractivity contribution in [3.05, 3.63) is 129 Å². The molecule has 0 N–H and O–H groups in total. The molecule has 0 atom stereocenters. The zero-order valence-corrected chi connectivity index (χ0v) is 31.6. The summed E-state index contributed by atoms with van der Waals surface area (Å²) in [5, 5.41) is 19.2. The van der Waals surface area contributed by atoms with Crippen LogP contribution < -0.4 is 25.5 Å². The van der Waals surface area contributed by atoms with Gasteiger partial charge in [0.1, 0.15) is 19.6 Å². The number of rotatable bonds is 5. The third kappa shape index (κ3) is 7.02. The molecule has 5 aromatic heterocycles. The van der Waals surface area contributed by atoms with Crippen LogP contribution in [0.15, 0.2) is 92.1 Å². The normalized spacial score (nSPS) is 14.2. The van der Waals surface area contributed by atoms with Crippen LogP contribution >= 0.6 is 0 Å². The number of nitriles is 1. The molecule has 0 saturated carbocycles. The zero-order chi connectivity index (χ0) is 35.9. The molecule has 0 bridgehead atoms. The van der Waals surface area contributed by atoms with Crippen LogP contribution in [-0.4, -0.2) is 56.6 Å².